The van der Waals surface area contributed by atoms with Gasteiger partial charge in [0, 0.05) is 31.7 Å². The average molecular weight is 169 g/mol. The molecule has 1 aliphatic heterocycles. The number of hydrogen-bond acceptors (Lipinski definition) is 2. The number of piperazine rings is 1. The van der Waals surface area contributed by atoms with Gasteiger partial charge in [-0.15, -0.1) is 0 Å². The molecule has 0 aliphatic carbocycles. The maximum atomic E-state index is 7.10. The molecule has 0 bridgehead atoms. The monoisotopic (exact) mass is 169 g/mol. The Labute approximate surface area is 74.9 Å². The molecular formula is C9H19N3. The highest BCUT2D eigenvalue weighted by molar-refractivity contribution is 5.50. The zero-order chi connectivity index (χ0) is 9.19. The second kappa shape index (κ2) is 3.44. The summed E-state index contributed by atoms with van der Waals surface area (Å²) in [6.45, 7) is 10.9. The SMILES string of the molecule is CC(C)(C)N1CCN(C=N)CC1. The van der Waals surface area contributed by atoms with E-state index in [1.165, 1.54) is 6.34 Å². The van der Waals surface area contributed by atoms with Crippen LogP contribution >= 0.6 is 0 Å². The largest absolute Gasteiger partial charge is 0.361 e. The van der Waals surface area contributed by atoms with Gasteiger partial charge in [0.1, 0.15) is 0 Å². The van der Waals surface area contributed by atoms with Gasteiger partial charge in [-0.1, -0.05) is 0 Å². The van der Waals surface area contributed by atoms with Gasteiger partial charge in [0.25, 0.3) is 0 Å². The molecule has 1 heterocycles. The van der Waals surface area contributed by atoms with Gasteiger partial charge < -0.3 is 4.90 Å². The lowest BCUT2D eigenvalue weighted by atomic mass is 10.1. The lowest BCUT2D eigenvalue weighted by Crippen LogP contribution is -2.52. The van der Waals surface area contributed by atoms with Crippen LogP contribution in [-0.2, 0) is 0 Å². The van der Waals surface area contributed by atoms with E-state index < -0.39 is 0 Å². The lowest BCUT2D eigenvalue weighted by molar-refractivity contribution is 0.0897. The van der Waals surface area contributed by atoms with Crippen LogP contribution in [0.2, 0.25) is 0 Å². The molecule has 0 aromatic rings. The molecule has 12 heavy (non-hydrogen) atoms. The number of nitrogens with zero attached hydrogens (tertiary/aromatic N) is 2. The molecule has 3 nitrogen and oxygen atoms in total. The first-order chi connectivity index (χ1) is 5.54. The van der Waals surface area contributed by atoms with Gasteiger partial charge in [0.15, 0.2) is 0 Å². The van der Waals surface area contributed by atoms with E-state index in [9.17, 15) is 0 Å². The molecule has 0 atom stereocenters. The van der Waals surface area contributed by atoms with Crippen LogP contribution in [0.1, 0.15) is 20.8 Å². The van der Waals surface area contributed by atoms with Crippen molar-refractivity contribution in [3.05, 3.63) is 0 Å². The highest BCUT2D eigenvalue weighted by Crippen LogP contribution is 2.14. The first-order valence-electron chi connectivity index (χ1n) is 4.54. The van der Waals surface area contributed by atoms with Crippen molar-refractivity contribution in [2.24, 2.45) is 0 Å². The molecule has 1 saturated heterocycles. The highest BCUT2D eigenvalue weighted by atomic mass is 15.3. The van der Waals surface area contributed by atoms with E-state index in [-0.39, 0.29) is 5.54 Å². The molecule has 1 N–H and O–H groups in total. The Kier molecular flexibility index (Phi) is 2.73. The highest BCUT2D eigenvalue weighted by Gasteiger charge is 2.24. The van der Waals surface area contributed by atoms with Crippen molar-refractivity contribution < 1.29 is 0 Å². The van der Waals surface area contributed by atoms with Crippen LogP contribution < -0.4 is 0 Å². The van der Waals surface area contributed by atoms with Crippen LogP contribution in [0.4, 0.5) is 0 Å². The summed E-state index contributed by atoms with van der Waals surface area (Å²) in [5.74, 6) is 0. The summed E-state index contributed by atoms with van der Waals surface area (Å²) in [6.07, 6.45) is 1.44. The Balaban J connectivity index is 2.41. The Morgan fingerprint density at radius 2 is 1.58 bits per heavy atom. The normalized spacial score (nSPS) is 21.1. The van der Waals surface area contributed by atoms with Gasteiger partial charge in [-0.25, -0.2) is 0 Å². The summed E-state index contributed by atoms with van der Waals surface area (Å²) in [7, 11) is 0. The summed E-state index contributed by atoms with van der Waals surface area (Å²) in [5.41, 5.74) is 0.286. The molecule has 70 valence electrons. The van der Waals surface area contributed by atoms with Crippen molar-refractivity contribution in [1.82, 2.24) is 9.80 Å². The molecule has 0 radical (unpaired) electrons. The molecule has 0 aromatic carbocycles. The fourth-order valence-electron chi connectivity index (χ4n) is 1.52. The van der Waals surface area contributed by atoms with E-state index in [1.54, 1.807) is 0 Å². The van der Waals surface area contributed by atoms with Crippen molar-refractivity contribution in [1.29, 1.82) is 5.41 Å². The Morgan fingerprint density at radius 1 is 1.08 bits per heavy atom. The van der Waals surface area contributed by atoms with E-state index >= 15 is 0 Å². The fraction of sp³-hybridized carbons (Fsp3) is 0.889. The van der Waals surface area contributed by atoms with Crippen molar-refractivity contribution >= 4 is 6.34 Å². The second-order valence-corrected chi connectivity index (χ2v) is 4.32. The summed E-state index contributed by atoms with van der Waals surface area (Å²) < 4.78 is 0. The van der Waals surface area contributed by atoms with E-state index in [1.807, 2.05) is 0 Å². The van der Waals surface area contributed by atoms with Crippen LogP contribution in [0.25, 0.3) is 0 Å². The maximum absolute atomic E-state index is 7.10. The molecule has 0 amide bonds. The summed E-state index contributed by atoms with van der Waals surface area (Å²) >= 11 is 0. The molecular weight excluding hydrogens is 150 g/mol. The standard InChI is InChI=1S/C9H19N3/c1-9(2,3)12-6-4-11(8-10)5-7-12/h8,10H,4-7H2,1-3H3. The van der Waals surface area contributed by atoms with Crippen LogP contribution in [0.15, 0.2) is 0 Å². The van der Waals surface area contributed by atoms with Gasteiger partial charge in [0.2, 0.25) is 0 Å². The predicted octanol–water partition coefficient (Wildman–Crippen LogP) is 1.01. The molecule has 1 fully saturated rings. The average Bonchev–Trinajstić information content (AvgIpc) is 2.03. The minimum absolute atomic E-state index is 0.286. The number of rotatable bonds is 1. The van der Waals surface area contributed by atoms with Gasteiger partial charge >= 0.3 is 0 Å². The third-order valence-corrected chi connectivity index (χ3v) is 2.45. The van der Waals surface area contributed by atoms with Crippen LogP contribution in [-0.4, -0.2) is 47.9 Å². The zero-order valence-electron chi connectivity index (χ0n) is 8.30. The fourth-order valence-corrected chi connectivity index (χ4v) is 1.52. The maximum Gasteiger partial charge on any atom is 0.0818 e. The first kappa shape index (κ1) is 9.52. The molecule has 1 aliphatic rings. The molecule has 0 spiro atoms. The minimum Gasteiger partial charge on any atom is -0.361 e. The van der Waals surface area contributed by atoms with Crippen LogP contribution in [0, 0.1) is 5.41 Å². The van der Waals surface area contributed by atoms with Crippen LogP contribution in [0.5, 0.6) is 0 Å². The van der Waals surface area contributed by atoms with Crippen molar-refractivity contribution in [3.63, 3.8) is 0 Å². The van der Waals surface area contributed by atoms with Gasteiger partial charge in [-0.2, -0.15) is 0 Å². The quantitative estimate of drug-likeness (QED) is 0.469. The van der Waals surface area contributed by atoms with Crippen molar-refractivity contribution in [3.8, 4) is 0 Å². The van der Waals surface area contributed by atoms with Gasteiger partial charge in [-0.05, 0) is 20.8 Å². The van der Waals surface area contributed by atoms with E-state index in [0.717, 1.165) is 26.2 Å². The molecule has 3 heteroatoms. The molecule has 0 unspecified atom stereocenters. The Morgan fingerprint density at radius 3 is 1.92 bits per heavy atom. The smallest absolute Gasteiger partial charge is 0.0818 e. The summed E-state index contributed by atoms with van der Waals surface area (Å²) in [6, 6.07) is 0. The third-order valence-electron chi connectivity index (χ3n) is 2.45. The zero-order valence-corrected chi connectivity index (χ0v) is 8.30. The summed E-state index contributed by atoms with van der Waals surface area (Å²) in [5, 5.41) is 7.10. The van der Waals surface area contributed by atoms with E-state index in [2.05, 4.69) is 30.6 Å². The third kappa shape index (κ3) is 2.21. The van der Waals surface area contributed by atoms with Gasteiger partial charge in [-0.3, -0.25) is 10.3 Å². The number of hydrogen-bond donors (Lipinski definition) is 1. The van der Waals surface area contributed by atoms with Crippen molar-refractivity contribution in [2.75, 3.05) is 26.2 Å². The van der Waals surface area contributed by atoms with E-state index in [0.29, 0.717) is 0 Å². The summed E-state index contributed by atoms with van der Waals surface area (Å²) in [4.78, 5) is 4.52. The Hall–Kier alpha value is -0.570. The molecule has 1 rings (SSSR count). The van der Waals surface area contributed by atoms with Crippen molar-refractivity contribution in [2.45, 2.75) is 26.3 Å². The second-order valence-electron chi connectivity index (χ2n) is 4.32. The molecule has 0 saturated carbocycles. The molecule has 0 aromatic heterocycles. The first-order valence-corrected chi connectivity index (χ1v) is 4.54. The number of nitrogens with one attached hydrogen (secondary N) is 1. The topological polar surface area (TPSA) is 30.3 Å². The van der Waals surface area contributed by atoms with Gasteiger partial charge in [0.05, 0.1) is 6.34 Å². The van der Waals surface area contributed by atoms with Crippen LogP contribution in [0.3, 0.4) is 0 Å². The Bertz CT molecular complexity index is 152. The minimum atomic E-state index is 0.286. The van der Waals surface area contributed by atoms with E-state index in [4.69, 9.17) is 5.41 Å². The lowest BCUT2D eigenvalue weighted by Gasteiger charge is -2.41. The predicted molar refractivity (Wildman–Crippen MR) is 51.7 cm³/mol.